The Labute approximate surface area is 107 Å². The molecule has 0 heteroatoms. The summed E-state index contributed by atoms with van der Waals surface area (Å²) in [4.78, 5) is 0. The second kappa shape index (κ2) is 3.11. The van der Waals surface area contributed by atoms with Gasteiger partial charge >= 0.3 is 0 Å². The van der Waals surface area contributed by atoms with Crippen LogP contribution in [0.25, 0.3) is 0 Å². The van der Waals surface area contributed by atoms with Crippen molar-refractivity contribution in [1.29, 1.82) is 0 Å². The van der Waals surface area contributed by atoms with Gasteiger partial charge in [0.05, 0.1) is 0 Å². The molecular weight excluding hydrogens is 204 g/mol. The van der Waals surface area contributed by atoms with Crippen LogP contribution in [0.5, 0.6) is 0 Å². The summed E-state index contributed by atoms with van der Waals surface area (Å²) in [6.07, 6.45) is 6.29. The van der Waals surface area contributed by atoms with Crippen LogP contribution in [-0.4, -0.2) is 0 Å². The van der Waals surface area contributed by atoms with Gasteiger partial charge in [-0.15, -0.1) is 0 Å². The molecule has 96 valence electrons. The average molecular weight is 232 g/mol. The lowest BCUT2D eigenvalue weighted by atomic mass is 9.33. The zero-order valence-corrected chi connectivity index (χ0v) is 11.9. The number of hydrogen-bond acceptors (Lipinski definition) is 0. The summed E-state index contributed by atoms with van der Waals surface area (Å²) in [5.41, 5.74) is 0.841. The summed E-state index contributed by atoms with van der Waals surface area (Å²) in [6.45, 7) is 10.2. The predicted octanol–water partition coefficient (Wildman–Crippen LogP) is 4.60. The van der Waals surface area contributed by atoms with Crippen LogP contribution in [0.15, 0.2) is 0 Å². The van der Waals surface area contributed by atoms with Crippen LogP contribution < -0.4 is 0 Å². The molecule has 5 rings (SSSR count). The second-order valence-corrected chi connectivity index (χ2v) is 8.24. The van der Waals surface area contributed by atoms with Crippen molar-refractivity contribution >= 4 is 0 Å². The van der Waals surface area contributed by atoms with Gasteiger partial charge in [-0.3, -0.25) is 0 Å². The summed E-state index contributed by atoms with van der Waals surface area (Å²) in [6, 6.07) is 0. The zero-order valence-electron chi connectivity index (χ0n) is 11.9. The minimum atomic E-state index is 0.841. The molecule has 5 fully saturated rings. The van der Waals surface area contributed by atoms with Gasteiger partial charge in [0, 0.05) is 0 Å². The highest BCUT2D eigenvalue weighted by Crippen LogP contribution is 2.77. The fourth-order valence-corrected chi connectivity index (χ4v) is 7.33. The van der Waals surface area contributed by atoms with E-state index in [1.54, 1.807) is 19.3 Å². The summed E-state index contributed by atoms with van der Waals surface area (Å²) in [5.74, 6) is 8.60. The van der Waals surface area contributed by atoms with Gasteiger partial charge < -0.3 is 0 Å². The minimum Gasteiger partial charge on any atom is -0.0622 e. The van der Waals surface area contributed by atoms with Crippen molar-refractivity contribution in [2.45, 2.75) is 53.4 Å². The number of rotatable bonds is 0. The largest absolute Gasteiger partial charge is 0.0622 e. The Morgan fingerprint density at radius 2 is 1.71 bits per heavy atom. The lowest BCUT2D eigenvalue weighted by molar-refractivity contribution is -0.241. The first-order valence-corrected chi connectivity index (χ1v) is 8.06. The number of fused-ring (bicyclic) bond motifs is 1. The van der Waals surface area contributed by atoms with E-state index in [1.807, 2.05) is 0 Å². The van der Waals surface area contributed by atoms with Crippen molar-refractivity contribution in [1.82, 2.24) is 0 Å². The molecule has 0 heterocycles. The van der Waals surface area contributed by atoms with Gasteiger partial charge in [0.25, 0.3) is 0 Å². The molecular formula is C17H28. The quantitative estimate of drug-likeness (QED) is 0.573. The molecule has 5 aliphatic carbocycles. The summed E-state index contributed by atoms with van der Waals surface area (Å²) in [7, 11) is 0. The van der Waals surface area contributed by atoms with E-state index in [2.05, 4.69) is 27.7 Å². The summed E-state index contributed by atoms with van der Waals surface area (Å²) in [5, 5.41) is 0. The van der Waals surface area contributed by atoms with Crippen molar-refractivity contribution in [3.8, 4) is 0 Å². The first kappa shape index (κ1) is 10.9. The van der Waals surface area contributed by atoms with E-state index >= 15 is 0 Å². The third-order valence-corrected chi connectivity index (χ3v) is 8.07. The summed E-state index contributed by atoms with van der Waals surface area (Å²) >= 11 is 0. The Kier molecular flexibility index (Phi) is 1.99. The SMILES string of the molecule is CC1CC(C)C2C1CCC13CC2C1C(C)C3C. The van der Waals surface area contributed by atoms with Crippen LogP contribution in [0.2, 0.25) is 0 Å². The highest BCUT2D eigenvalue weighted by molar-refractivity contribution is 5.19. The average Bonchev–Trinajstić information content (AvgIpc) is 2.46. The van der Waals surface area contributed by atoms with Crippen LogP contribution in [0.1, 0.15) is 53.4 Å². The molecule has 9 unspecified atom stereocenters. The van der Waals surface area contributed by atoms with Gasteiger partial charge in [0.15, 0.2) is 0 Å². The lowest BCUT2D eigenvalue weighted by Gasteiger charge is -2.72. The standard InChI is InChI=1S/C17H28/c1-9-7-10(2)15-13(9)5-6-17-8-14(15)16(17)11(3)12(17)4/h9-16H,5-8H2,1-4H3. The minimum absolute atomic E-state index is 0.841. The molecule has 5 aliphatic rings. The normalized spacial score (nSPS) is 68.5. The summed E-state index contributed by atoms with van der Waals surface area (Å²) < 4.78 is 0. The molecule has 0 saturated heterocycles. The first-order chi connectivity index (χ1) is 8.06. The van der Waals surface area contributed by atoms with Crippen molar-refractivity contribution in [2.75, 3.05) is 0 Å². The monoisotopic (exact) mass is 232 g/mol. The van der Waals surface area contributed by atoms with Crippen molar-refractivity contribution in [3.05, 3.63) is 0 Å². The second-order valence-electron chi connectivity index (χ2n) is 8.24. The van der Waals surface area contributed by atoms with E-state index in [1.165, 1.54) is 6.42 Å². The van der Waals surface area contributed by atoms with Crippen LogP contribution in [0.3, 0.4) is 0 Å². The molecule has 0 amide bonds. The Morgan fingerprint density at radius 1 is 0.941 bits per heavy atom. The Hall–Kier alpha value is 0. The fraction of sp³-hybridized carbons (Fsp3) is 1.00. The molecule has 0 aromatic heterocycles. The maximum absolute atomic E-state index is 2.55. The topological polar surface area (TPSA) is 0 Å². The molecule has 9 atom stereocenters. The molecule has 5 saturated carbocycles. The molecule has 0 aromatic carbocycles. The van der Waals surface area contributed by atoms with E-state index in [0.717, 1.165) is 52.8 Å². The maximum Gasteiger partial charge on any atom is -0.0233 e. The van der Waals surface area contributed by atoms with Crippen molar-refractivity contribution in [3.63, 3.8) is 0 Å². The van der Waals surface area contributed by atoms with Gasteiger partial charge in [-0.05, 0) is 78.4 Å². The molecule has 0 nitrogen and oxygen atoms in total. The van der Waals surface area contributed by atoms with Crippen molar-refractivity contribution < 1.29 is 0 Å². The molecule has 1 spiro atoms. The van der Waals surface area contributed by atoms with Crippen LogP contribution in [0.4, 0.5) is 0 Å². The lowest BCUT2D eigenvalue weighted by Crippen LogP contribution is -2.66. The molecule has 0 aromatic rings. The Bertz CT molecular complexity index is 342. The molecule has 2 bridgehead atoms. The third kappa shape index (κ3) is 1.04. The zero-order chi connectivity index (χ0) is 11.9. The first-order valence-electron chi connectivity index (χ1n) is 8.06. The molecule has 0 radical (unpaired) electrons. The number of hydrogen-bond donors (Lipinski definition) is 0. The van der Waals surface area contributed by atoms with Crippen LogP contribution >= 0.6 is 0 Å². The molecule has 17 heavy (non-hydrogen) atoms. The van der Waals surface area contributed by atoms with Crippen molar-refractivity contribution in [2.24, 2.45) is 52.8 Å². The highest BCUT2D eigenvalue weighted by atomic mass is 14.8. The van der Waals surface area contributed by atoms with Gasteiger partial charge in [-0.1, -0.05) is 27.7 Å². The third-order valence-electron chi connectivity index (χ3n) is 8.07. The van der Waals surface area contributed by atoms with E-state index < -0.39 is 0 Å². The Morgan fingerprint density at radius 3 is 2.47 bits per heavy atom. The van der Waals surface area contributed by atoms with Gasteiger partial charge in [0.2, 0.25) is 0 Å². The van der Waals surface area contributed by atoms with Gasteiger partial charge in [-0.2, -0.15) is 0 Å². The van der Waals surface area contributed by atoms with E-state index in [9.17, 15) is 0 Å². The van der Waals surface area contributed by atoms with E-state index in [4.69, 9.17) is 0 Å². The molecule has 0 N–H and O–H groups in total. The molecule has 0 aliphatic heterocycles. The fourth-order valence-electron chi connectivity index (χ4n) is 7.33. The maximum atomic E-state index is 2.55. The van der Waals surface area contributed by atoms with Crippen LogP contribution in [0, 0.1) is 52.8 Å². The smallest absolute Gasteiger partial charge is 0.0233 e. The highest BCUT2D eigenvalue weighted by Gasteiger charge is 2.71. The van der Waals surface area contributed by atoms with Crippen LogP contribution in [-0.2, 0) is 0 Å². The predicted molar refractivity (Wildman–Crippen MR) is 71.5 cm³/mol. The van der Waals surface area contributed by atoms with Gasteiger partial charge in [0.1, 0.15) is 0 Å². The van der Waals surface area contributed by atoms with Gasteiger partial charge in [-0.25, -0.2) is 0 Å². The van der Waals surface area contributed by atoms with E-state index in [-0.39, 0.29) is 0 Å². The van der Waals surface area contributed by atoms with E-state index in [0.29, 0.717) is 0 Å². The Balaban J connectivity index is 1.68.